The topological polar surface area (TPSA) is 12.0 Å². The third kappa shape index (κ3) is 2.08. The lowest BCUT2D eigenvalue weighted by Crippen LogP contribution is -1.92. The first-order valence-electron chi connectivity index (χ1n) is 3.28. The van der Waals surface area contributed by atoms with Gasteiger partial charge in [0.15, 0.2) is 0 Å². The molecule has 0 aromatic heterocycles. The molecular weight excluding hydrogens is 317 g/mol. The van der Waals surface area contributed by atoms with Crippen molar-refractivity contribution >= 4 is 44.2 Å². The van der Waals surface area contributed by atoms with E-state index in [-0.39, 0.29) is 0 Å². The molecule has 0 spiro atoms. The van der Waals surface area contributed by atoms with E-state index in [1.807, 2.05) is 7.05 Å². The molecule has 0 saturated carbocycles. The number of hydrogen-bond acceptors (Lipinski definition) is 1. The van der Waals surface area contributed by atoms with E-state index < -0.39 is 0 Å². The largest absolute Gasteiger partial charge is 0.388 e. The highest BCUT2D eigenvalue weighted by atomic mass is 127. The highest BCUT2D eigenvalue weighted by Crippen LogP contribution is 2.26. The quantitative estimate of drug-likeness (QED) is 0.780. The maximum absolute atomic E-state index is 3.49. The van der Waals surface area contributed by atoms with Gasteiger partial charge in [-0.2, -0.15) is 0 Å². The van der Waals surface area contributed by atoms with Gasteiger partial charge in [-0.1, -0.05) is 15.9 Å². The maximum Gasteiger partial charge on any atom is 0.0389 e. The van der Waals surface area contributed by atoms with Gasteiger partial charge in [0.2, 0.25) is 0 Å². The van der Waals surface area contributed by atoms with Crippen molar-refractivity contribution in [3.8, 4) is 0 Å². The summed E-state index contributed by atoms with van der Waals surface area (Å²) in [4.78, 5) is 0. The Morgan fingerprint density at radius 1 is 1.45 bits per heavy atom. The van der Waals surface area contributed by atoms with Crippen LogP contribution < -0.4 is 5.32 Å². The van der Waals surface area contributed by atoms with Crippen molar-refractivity contribution in [3.63, 3.8) is 0 Å². The van der Waals surface area contributed by atoms with Crippen LogP contribution in [0, 0.1) is 10.5 Å². The average molecular weight is 326 g/mol. The van der Waals surface area contributed by atoms with Gasteiger partial charge in [0.25, 0.3) is 0 Å². The number of hydrogen-bond donors (Lipinski definition) is 1. The van der Waals surface area contributed by atoms with E-state index in [2.05, 4.69) is 62.9 Å². The molecule has 60 valence electrons. The molecule has 0 aliphatic carbocycles. The summed E-state index contributed by atoms with van der Waals surface area (Å²) in [7, 11) is 1.94. The van der Waals surface area contributed by atoms with Gasteiger partial charge in [-0.05, 0) is 47.2 Å². The van der Waals surface area contributed by atoms with Gasteiger partial charge in [0, 0.05) is 20.8 Å². The van der Waals surface area contributed by atoms with Crippen LogP contribution in [0.25, 0.3) is 0 Å². The van der Waals surface area contributed by atoms with Gasteiger partial charge in [0.05, 0.1) is 0 Å². The van der Waals surface area contributed by atoms with Crippen LogP contribution in [0.4, 0.5) is 5.69 Å². The number of anilines is 1. The van der Waals surface area contributed by atoms with Crippen molar-refractivity contribution in [2.24, 2.45) is 0 Å². The van der Waals surface area contributed by atoms with Gasteiger partial charge < -0.3 is 5.32 Å². The molecule has 1 N–H and O–H groups in total. The molecule has 1 rings (SSSR count). The normalized spacial score (nSPS) is 9.82. The molecule has 0 amide bonds. The number of rotatable bonds is 1. The van der Waals surface area contributed by atoms with Crippen LogP contribution in [-0.2, 0) is 0 Å². The summed E-state index contributed by atoms with van der Waals surface area (Å²) in [5.41, 5.74) is 2.44. The van der Waals surface area contributed by atoms with Crippen molar-refractivity contribution in [3.05, 3.63) is 25.7 Å². The van der Waals surface area contributed by atoms with Crippen LogP contribution in [0.5, 0.6) is 0 Å². The maximum atomic E-state index is 3.49. The van der Waals surface area contributed by atoms with Gasteiger partial charge in [-0.3, -0.25) is 0 Å². The van der Waals surface area contributed by atoms with E-state index in [0.717, 1.165) is 4.47 Å². The second-order valence-corrected chi connectivity index (χ2v) is 4.41. The molecule has 0 radical (unpaired) electrons. The molecule has 0 saturated heterocycles. The molecule has 0 fully saturated rings. The first kappa shape index (κ1) is 9.32. The van der Waals surface area contributed by atoms with Crippen molar-refractivity contribution in [1.82, 2.24) is 0 Å². The fourth-order valence-electron chi connectivity index (χ4n) is 0.905. The lowest BCUT2D eigenvalue weighted by Gasteiger charge is -2.07. The number of nitrogens with one attached hydrogen (secondary N) is 1. The molecule has 0 heterocycles. The van der Waals surface area contributed by atoms with Gasteiger partial charge >= 0.3 is 0 Å². The van der Waals surface area contributed by atoms with E-state index in [1.54, 1.807) is 0 Å². The average Bonchev–Trinajstić information content (AvgIpc) is 1.96. The monoisotopic (exact) mass is 325 g/mol. The third-order valence-electron chi connectivity index (χ3n) is 1.58. The van der Waals surface area contributed by atoms with Crippen molar-refractivity contribution in [2.75, 3.05) is 12.4 Å². The predicted molar refractivity (Wildman–Crippen MR) is 61.1 cm³/mol. The van der Waals surface area contributed by atoms with Crippen molar-refractivity contribution in [2.45, 2.75) is 6.92 Å². The number of halogens is 2. The van der Waals surface area contributed by atoms with Crippen LogP contribution in [0.1, 0.15) is 5.56 Å². The fourth-order valence-corrected chi connectivity index (χ4v) is 2.42. The SMILES string of the molecule is CNc1cc(I)cc(Br)c1C. The van der Waals surface area contributed by atoms with Crippen LogP contribution in [0.15, 0.2) is 16.6 Å². The molecule has 0 unspecified atom stereocenters. The lowest BCUT2D eigenvalue weighted by molar-refractivity contribution is 1.37. The Hall–Kier alpha value is 0.230. The molecule has 1 aromatic carbocycles. The molecule has 0 aliphatic rings. The number of benzene rings is 1. The highest BCUT2D eigenvalue weighted by Gasteiger charge is 2.01. The van der Waals surface area contributed by atoms with Crippen LogP contribution in [0.3, 0.4) is 0 Å². The van der Waals surface area contributed by atoms with Crippen LogP contribution in [0.2, 0.25) is 0 Å². The Balaban J connectivity index is 3.24. The Morgan fingerprint density at radius 3 is 2.64 bits per heavy atom. The van der Waals surface area contributed by atoms with Gasteiger partial charge in [-0.25, -0.2) is 0 Å². The summed E-state index contributed by atoms with van der Waals surface area (Å²) in [5, 5.41) is 3.14. The smallest absolute Gasteiger partial charge is 0.0389 e. The summed E-state index contributed by atoms with van der Waals surface area (Å²) in [6.45, 7) is 2.09. The Bertz CT molecular complexity index is 273. The summed E-state index contributed by atoms with van der Waals surface area (Å²) < 4.78 is 2.40. The molecule has 0 atom stereocenters. The summed E-state index contributed by atoms with van der Waals surface area (Å²) in [6, 6.07) is 4.23. The van der Waals surface area contributed by atoms with Crippen LogP contribution in [-0.4, -0.2) is 7.05 Å². The van der Waals surface area contributed by atoms with Crippen molar-refractivity contribution < 1.29 is 0 Å². The van der Waals surface area contributed by atoms with Crippen molar-refractivity contribution in [1.29, 1.82) is 0 Å². The Kier molecular flexibility index (Phi) is 3.18. The zero-order valence-electron chi connectivity index (χ0n) is 6.41. The molecule has 0 bridgehead atoms. The van der Waals surface area contributed by atoms with E-state index >= 15 is 0 Å². The predicted octanol–water partition coefficient (Wildman–Crippen LogP) is 3.40. The van der Waals surface area contributed by atoms with Gasteiger partial charge in [0.1, 0.15) is 0 Å². The minimum absolute atomic E-state index is 1.16. The minimum Gasteiger partial charge on any atom is -0.388 e. The standard InChI is InChI=1S/C8H9BrIN/c1-5-7(9)3-6(10)4-8(5)11-2/h3-4,11H,1-2H3. The Labute approximate surface area is 88.8 Å². The summed E-state index contributed by atoms with van der Waals surface area (Å²) in [5.74, 6) is 0. The molecule has 3 heteroatoms. The van der Waals surface area contributed by atoms with E-state index in [9.17, 15) is 0 Å². The van der Waals surface area contributed by atoms with Gasteiger partial charge in [-0.15, -0.1) is 0 Å². The van der Waals surface area contributed by atoms with E-state index in [0.29, 0.717) is 0 Å². The molecule has 11 heavy (non-hydrogen) atoms. The molecule has 1 aromatic rings. The van der Waals surface area contributed by atoms with E-state index in [4.69, 9.17) is 0 Å². The minimum atomic E-state index is 1.16. The first-order chi connectivity index (χ1) is 5.15. The second-order valence-electron chi connectivity index (χ2n) is 2.31. The second kappa shape index (κ2) is 3.76. The Morgan fingerprint density at radius 2 is 2.09 bits per heavy atom. The zero-order valence-corrected chi connectivity index (χ0v) is 10.2. The molecule has 1 nitrogen and oxygen atoms in total. The summed E-state index contributed by atoms with van der Waals surface area (Å²) >= 11 is 5.79. The first-order valence-corrected chi connectivity index (χ1v) is 5.15. The molecular formula is C8H9BrIN. The van der Waals surface area contributed by atoms with Crippen LogP contribution >= 0.6 is 38.5 Å². The highest BCUT2D eigenvalue weighted by molar-refractivity contribution is 14.1. The summed E-state index contributed by atoms with van der Waals surface area (Å²) in [6.07, 6.45) is 0. The fraction of sp³-hybridized carbons (Fsp3) is 0.250. The molecule has 0 aliphatic heterocycles. The lowest BCUT2D eigenvalue weighted by atomic mass is 10.2. The third-order valence-corrected chi connectivity index (χ3v) is 3.02. The van der Waals surface area contributed by atoms with E-state index in [1.165, 1.54) is 14.8 Å². The zero-order chi connectivity index (χ0) is 8.43.